The van der Waals surface area contributed by atoms with E-state index in [1.807, 2.05) is 0 Å². The van der Waals surface area contributed by atoms with Crippen molar-refractivity contribution in [2.24, 2.45) is 0 Å². The summed E-state index contributed by atoms with van der Waals surface area (Å²) in [5, 5.41) is 4.73. The van der Waals surface area contributed by atoms with Gasteiger partial charge >= 0.3 is 0 Å². The lowest BCUT2D eigenvalue weighted by Crippen LogP contribution is -2.15. The van der Waals surface area contributed by atoms with Gasteiger partial charge in [-0.25, -0.2) is 0 Å². The van der Waals surface area contributed by atoms with E-state index in [0.717, 1.165) is 5.56 Å². The molecule has 2 N–H and O–H groups in total. The van der Waals surface area contributed by atoms with E-state index in [2.05, 4.69) is 5.10 Å². The third-order valence-electron chi connectivity index (χ3n) is 3.69. The first-order valence-corrected chi connectivity index (χ1v) is 7.79. The van der Waals surface area contributed by atoms with Crippen LogP contribution in [0.2, 0.25) is 5.02 Å². The van der Waals surface area contributed by atoms with Crippen LogP contribution in [0.1, 0.15) is 10.4 Å². The number of anilines is 1. The van der Waals surface area contributed by atoms with E-state index in [-0.39, 0.29) is 11.7 Å². The number of carbonyl (C=O) groups is 1. The van der Waals surface area contributed by atoms with E-state index in [1.54, 1.807) is 48.5 Å². The average Bonchev–Trinajstić information content (AvgIpc) is 3.02. The molecule has 0 aliphatic rings. The number of hydrogen-bond donors (Lipinski definition) is 1. The van der Waals surface area contributed by atoms with Gasteiger partial charge in [0.15, 0.2) is 11.5 Å². The Morgan fingerprint density at radius 1 is 1.04 bits per heavy atom. The molecular formula is C18H16ClN3O3. The minimum absolute atomic E-state index is 0.249. The van der Waals surface area contributed by atoms with Crippen molar-refractivity contribution in [3.05, 3.63) is 59.1 Å². The summed E-state index contributed by atoms with van der Waals surface area (Å²) in [6.45, 7) is 0. The van der Waals surface area contributed by atoms with Gasteiger partial charge in [-0.15, -0.1) is 5.10 Å². The quantitative estimate of drug-likeness (QED) is 0.773. The van der Waals surface area contributed by atoms with Crippen molar-refractivity contribution >= 4 is 23.3 Å². The predicted octanol–water partition coefficient (Wildman–Crippen LogP) is 3.49. The molecule has 1 aromatic heterocycles. The van der Waals surface area contributed by atoms with Gasteiger partial charge < -0.3 is 15.2 Å². The molecule has 7 heteroatoms. The average molecular weight is 358 g/mol. The van der Waals surface area contributed by atoms with Crippen LogP contribution in [0, 0.1) is 0 Å². The monoisotopic (exact) mass is 357 g/mol. The standard InChI is InChI=1S/C18H16ClN3O3/c1-24-15-8-5-12(9-16(15)25-2)18(23)22-14(10-17(20)21-22)11-3-6-13(19)7-4-11/h3-10H,1-2H3,(H2,20,21). The van der Waals surface area contributed by atoms with E-state index in [0.29, 0.717) is 27.8 Å². The number of nitrogens with zero attached hydrogens (tertiary/aromatic N) is 2. The number of hydrogen-bond acceptors (Lipinski definition) is 5. The fourth-order valence-electron chi connectivity index (χ4n) is 2.47. The van der Waals surface area contributed by atoms with Crippen LogP contribution in [-0.4, -0.2) is 29.9 Å². The van der Waals surface area contributed by atoms with Crippen LogP contribution in [0.25, 0.3) is 11.3 Å². The third kappa shape index (κ3) is 3.29. The van der Waals surface area contributed by atoms with Gasteiger partial charge in [-0.05, 0) is 30.3 Å². The molecule has 0 bridgehead atoms. The second-order valence-electron chi connectivity index (χ2n) is 5.25. The summed E-state index contributed by atoms with van der Waals surface area (Å²) in [4.78, 5) is 12.9. The smallest absolute Gasteiger partial charge is 0.278 e. The van der Waals surface area contributed by atoms with Gasteiger partial charge in [-0.2, -0.15) is 4.68 Å². The first-order valence-electron chi connectivity index (χ1n) is 7.41. The van der Waals surface area contributed by atoms with Crippen molar-refractivity contribution in [2.75, 3.05) is 20.0 Å². The number of rotatable bonds is 4. The molecule has 0 saturated carbocycles. The number of carbonyl (C=O) groups excluding carboxylic acids is 1. The second kappa shape index (κ2) is 6.86. The summed E-state index contributed by atoms with van der Waals surface area (Å²) in [7, 11) is 3.04. The maximum atomic E-state index is 12.9. The Balaban J connectivity index is 2.05. The molecule has 0 amide bonds. The number of ether oxygens (including phenoxy) is 2. The molecule has 0 saturated heterocycles. The van der Waals surface area contributed by atoms with Crippen molar-refractivity contribution in [3.63, 3.8) is 0 Å². The highest BCUT2D eigenvalue weighted by Gasteiger charge is 2.18. The molecule has 3 aromatic rings. The SMILES string of the molecule is COc1ccc(C(=O)n2nc(N)cc2-c2ccc(Cl)cc2)cc1OC. The van der Waals surface area contributed by atoms with Crippen LogP contribution in [-0.2, 0) is 0 Å². The minimum atomic E-state index is -0.331. The molecule has 0 unspecified atom stereocenters. The summed E-state index contributed by atoms with van der Waals surface area (Å²) in [5.74, 6) is 0.917. The number of nitrogen functional groups attached to an aromatic ring is 1. The maximum Gasteiger partial charge on any atom is 0.278 e. The van der Waals surface area contributed by atoms with Crippen LogP contribution in [0.4, 0.5) is 5.82 Å². The highest BCUT2D eigenvalue weighted by Crippen LogP contribution is 2.29. The van der Waals surface area contributed by atoms with Crippen LogP contribution < -0.4 is 15.2 Å². The molecule has 3 rings (SSSR count). The van der Waals surface area contributed by atoms with Gasteiger partial charge in [0.25, 0.3) is 5.91 Å². The maximum absolute atomic E-state index is 12.9. The molecule has 0 atom stereocenters. The first kappa shape index (κ1) is 16.9. The van der Waals surface area contributed by atoms with Crippen molar-refractivity contribution in [2.45, 2.75) is 0 Å². The van der Waals surface area contributed by atoms with E-state index >= 15 is 0 Å². The van der Waals surface area contributed by atoms with Crippen LogP contribution in [0.15, 0.2) is 48.5 Å². The lowest BCUT2D eigenvalue weighted by molar-refractivity contribution is 0.0947. The van der Waals surface area contributed by atoms with Gasteiger partial charge in [0.2, 0.25) is 0 Å². The fraction of sp³-hybridized carbons (Fsp3) is 0.111. The molecule has 0 spiro atoms. The predicted molar refractivity (Wildman–Crippen MR) is 96.4 cm³/mol. The Labute approximate surface area is 149 Å². The Morgan fingerprint density at radius 3 is 2.36 bits per heavy atom. The summed E-state index contributed by atoms with van der Waals surface area (Å²) >= 11 is 5.92. The van der Waals surface area contributed by atoms with Crippen LogP contribution in [0.3, 0.4) is 0 Å². The van der Waals surface area contributed by atoms with Gasteiger partial charge in [0.05, 0.1) is 19.9 Å². The van der Waals surface area contributed by atoms with Gasteiger partial charge in [0, 0.05) is 22.2 Å². The van der Waals surface area contributed by atoms with Crippen molar-refractivity contribution < 1.29 is 14.3 Å². The molecule has 25 heavy (non-hydrogen) atoms. The number of nitrogens with two attached hydrogens (primary N) is 1. The molecule has 1 heterocycles. The number of aromatic nitrogens is 2. The lowest BCUT2D eigenvalue weighted by atomic mass is 10.1. The van der Waals surface area contributed by atoms with Gasteiger partial charge in [0.1, 0.15) is 5.82 Å². The number of methoxy groups -OCH3 is 2. The van der Waals surface area contributed by atoms with E-state index in [9.17, 15) is 4.79 Å². The van der Waals surface area contributed by atoms with Gasteiger partial charge in [-0.1, -0.05) is 23.7 Å². The van der Waals surface area contributed by atoms with E-state index in [4.69, 9.17) is 26.8 Å². The summed E-state index contributed by atoms with van der Waals surface area (Å²) < 4.78 is 11.7. The highest BCUT2D eigenvalue weighted by atomic mass is 35.5. The summed E-state index contributed by atoms with van der Waals surface area (Å²) in [6, 6.07) is 13.6. The third-order valence-corrected chi connectivity index (χ3v) is 3.94. The molecule has 128 valence electrons. The zero-order valence-electron chi connectivity index (χ0n) is 13.7. The largest absolute Gasteiger partial charge is 0.493 e. The Hall–Kier alpha value is -2.99. The van der Waals surface area contributed by atoms with Crippen molar-refractivity contribution in [1.82, 2.24) is 9.78 Å². The fourth-order valence-corrected chi connectivity index (χ4v) is 2.60. The molecule has 0 radical (unpaired) electrons. The van der Waals surface area contributed by atoms with Crippen molar-refractivity contribution in [3.8, 4) is 22.8 Å². The molecule has 0 aliphatic carbocycles. The van der Waals surface area contributed by atoms with Crippen molar-refractivity contribution in [1.29, 1.82) is 0 Å². The zero-order chi connectivity index (χ0) is 18.0. The van der Waals surface area contributed by atoms with Gasteiger partial charge in [-0.3, -0.25) is 4.79 Å². The molecule has 6 nitrogen and oxygen atoms in total. The first-order chi connectivity index (χ1) is 12.0. The Bertz CT molecular complexity index is 920. The Morgan fingerprint density at radius 2 is 1.72 bits per heavy atom. The van der Waals surface area contributed by atoms with Crippen LogP contribution in [0.5, 0.6) is 11.5 Å². The zero-order valence-corrected chi connectivity index (χ0v) is 14.4. The molecule has 0 fully saturated rings. The lowest BCUT2D eigenvalue weighted by Gasteiger charge is -2.10. The number of halogens is 1. The molecule has 2 aromatic carbocycles. The molecule has 0 aliphatic heterocycles. The van der Waals surface area contributed by atoms with Crippen LogP contribution >= 0.6 is 11.6 Å². The second-order valence-corrected chi connectivity index (χ2v) is 5.68. The highest BCUT2D eigenvalue weighted by molar-refractivity contribution is 6.30. The summed E-state index contributed by atoms with van der Waals surface area (Å²) in [6.07, 6.45) is 0. The number of benzene rings is 2. The normalized spacial score (nSPS) is 10.5. The topological polar surface area (TPSA) is 79.4 Å². The van der Waals surface area contributed by atoms with E-state index in [1.165, 1.54) is 18.9 Å². The Kier molecular flexibility index (Phi) is 4.63. The van der Waals surface area contributed by atoms with E-state index < -0.39 is 0 Å². The minimum Gasteiger partial charge on any atom is -0.493 e. The summed E-state index contributed by atoms with van der Waals surface area (Å²) in [5.41, 5.74) is 7.57. The molecular weight excluding hydrogens is 342 g/mol.